The molecule has 274 valence electrons. The normalized spacial score (nSPS) is 15.4. The predicted molar refractivity (Wildman–Crippen MR) is 218 cm³/mol. The van der Waals surface area contributed by atoms with Crippen molar-refractivity contribution in [3.05, 3.63) is 164 Å². The summed E-state index contributed by atoms with van der Waals surface area (Å²) in [6, 6.07) is 32.0. The Morgan fingerprint density at radius 1 is 0.519 bits per heavy atom. The maximum Gasteiger partial charge on any atom is -1.00 e. The van der Waals surface area contributed by atoms with Crippen LogP contribution in [-0.4, -0.2) is 5.43 Å². The van der Waals surface area contributed by atoms with E-state index in [0.717, 1.165) is 23.0 Å². The minimum Gasteiger partial charge on any atom is -1.00 e. The van der Waals surface area contributed by atoms with Gasteiger partial charge in [0.2, 0.25) is 0 Å². The summed E-state index contributed by atoms with van der Waals surface area (Å²) in [5, 5.41) is 0. The third-order valence-corrected chi connectivity index (χ3v) is 30.7. The van der Waals surface area contributed by atoms with E-state index in [1.807, 2.05) is 0 Å². The molecule has 2 aliphatic carbocycles. The SMILES string of the molecule is Cc1cccc(-c2c(C)c(C)cc3c2C=C(c2ccc(C)o2)[CH]3[Zr+2]([CH]2C(c3ccc(C)o3)=Cc3c2cc(C)c(C)c3-c2cccc(C)c2)=[Si](C)C)c1.[Cl-].[Cl-]. The van der Waals surface area contributed by atoms with Gasteiger partial charge in [-0.05, 0) is 0 Å². The Balaban J connectivity index is 0.00000249. The zero-order valence-corrected chi connectivity index (χ0v) is 37.9. The third kappa shape index (κ3) is 6.87. The first-order valence-electron chi connectivity index (χ1n) is 18.6. The van der Waals surface area contributed by atoms with Gasteiger partial charge in [-0.15, -0.1) is 0 Å². The molecule has 0 fully saturated rings. The van der Waals surface area contributed by atoms with Crippen molar-refractivity contribution >= 4 is 28.7 Å². The van der Waals surface area contributed by atoms with Crippen LogP contribution in [0.5, 0.6) is 0 Å². The van der Waals surface area contributed by atoms with Gasteiger partial charge in [0.15, 0.2) is 0 Å². The first kappa shape index (κ1) is 40.3. The zero-order valence-electron chi connectivity index (χ0n) is 33.0. The summed E-state index contributed by atoms with van der Waals surface area (Å²) >= 11 is -2.67. The van der Waals surface area contributed by atoms with Gasteiger partial charge in [0.05, 0.1) is 0 Å². The zero-order chi connectivity index (χ0) is 36.6. The van der Waals surface area contributed by atoms with E-state index >= 15 is 0 Å². The maximum absolute atomic E-state index is 6.60. The molecule has 4 aromatic carbocycles. The van der Waals surface area contributed by atoms with Crippen LogP contribution in [0.4, 0.5) is 0 Å². The van der Waals surface area contributed by atoms with E-state index in [4.69, 9.17) is 8.83 Å². The van der Waals surface area contributed by atoms with Crippen LogP contribution in [-0.2, 0) is 20.4 Å². The van der Waals surface area contributed by atoms with E-state index in [9.17, 15) is 0 Å². The molecule has 0 N–H and O–H groups in total. The van der Waals surface area contributed by atoms with Crippen LogP contribution < -0.4 is 24.8 Å². The number of fused-ring (bicyclic) bond motifs is 2. The average molecular weight is 847 g/mol. The Labute approximate surface area is 341 Å². The van der Waals surface area contributed by atoms with E-state index in [0.29, 0.717) is 7.25 Å². The quantitative estimate of drug-likeness (QED) is 0.163. The summed E-state index contributed by atoms with van der Waals surface area (Å²) in [7, 11) is 0. The summed E-state index contributed by atoms with van der Waals surface area (Å²) in [6.07, 6.45) is 5.06. The molecule has 0 amide bonds. The summed E-state index contributed by atoms with van der Waals surface area (Å²) in [6.45, 7) is 23.0. The first-order valence-corrected chi connectivity index (χ1v) is 27.6. The average Bonchev–Trinajstić information content (AvgIpc) is 3.89. The molecule has 2 nitrogen and oxygen atoms in total. The Morgan fingerprint density at radius 2 is 0.926 bits per heavy atom. The summed E-state index contributed by atoms with van der Waals surface area (Å²) < 4.78 is 13.9. The number of furan rings is 2. The molecule has 2 aliphatic rings. The van der Waals surface area contributed by atoms with E-state index in [1.165, 1.54) is 89.0 Å². The minimum atomic E-state index is -2.67. The predicted octanol–water partition coefficient (Wildman–Crippen LogP) is 7.44. The Bertz CT molecular complexity index is 2370. The van der Waals surface area contributed by atoms with Crippen LogP contribution in [0.15, 0.2) is 93.8 Å². The van der Waals surface area contributed by atoms with Crippen LogP contribution in [0.3, 0.4) is 0 Å². The van der Waals surface area contributed by atoms with Crippen molar-refractivity contribution in [3.8, 4) is 22.3 Å². The van der Waals surface area contributed by atoms with Gasteiger partial charge in [-0.1, -0.05) is 0 Å². The Hall–Kier alpha value is -3.40. The third-order valence-electron chi connectivity index (χ3n) is 11.5. The van der Waals surface area contributed by atoms with Crippen LogP contribution in [0.1, 0.15) is 85.9 Å². The second-order valence-electron chi connectivity index (χ2n) is 15.5. The van der Waals surface area contributed by atoms with E-state index in [1.54, 1.807) is 0 Å². The topological polar surface area (TPSA) is 26.3 Å². The summed E-state index contributed by atoms with van der Waals surface area (Å²) in [4.78, 5) is 0. The van der Waals surface area contributed by atoms with Crippen molar-refractivity contribution in [1.29, 1.82) is 0 Å². The van der Waals surface area contributed by atoms with Gasteiger partial charge < -0.3 is 24.8 Å². The van der Waals surface area contributed by atoms with Crippen LogP contribution in [0.2, 0.25) is 13.1 Å². The molecule has 0 aliphatic heterocycles. The largest absolute Gasteiger partial charge is 1.00 e. The Morgan fingerprint density at radius 3 is 1.26 bits per heavy atom. The molecule has 6 heteroatoms. The molecule has 54 heavy (non-hydrogen) atoms. The number of hydrogen-bond acceptors (Lipinski definition) is 2. The Kier molecular flexibility index (Phi) is 11.6. The standard InChI is InChI=1S/2C23H21O.C2H6Si.2ClH.Zr/c2*1-14-6-5-7-18(10-14)23-17(4)15(2)11-19-12-20(13-21(19)23)22-9-8-16(3)24-22;1-3-2;;;/h2*5-13H,1-4H3;1-2H3;2*1H;/q;;;;;+2/p-2. The number of rotatable bonds is 6. The van der Waals surface area contributed by atoms with Crippen LogP contribution in [0.25, 0.3) is 45.6 Å². The molecule has 2 atom stereocenters. The van der Waals surface area contributed by atoms with Crippen molar-refractivity contribution in [2.75, 3.05) is 0 Å². The molecule has 2 aromatic heterocycles. The number of halogens is 2. The minimum absolute atomic E-state index is 0. The molecule has 8 rings (SSSR count). The maximum atomic E-state index is 6.60. The molecular formula is C48H48Cl2O2SiZr. The molecule has 2 heterocycles. The first-order chi connectivity index (χ1) is 24.9. The van der Waals surface area contributed by atoms with Crippen molar-refractivity contribution in [1.82, 2.24) is 0 Å². The van der Waals surface area contributed by atoms with Gasteiger partial charge in [-0.25, -0.2) is 0 Å². The summed E-state index contributed by atoms with van der Waals surface area (Å²) in [5.74, 6) is 3.99. The van der Waals surface area contributed by atoms with E-state index in [2.05, 4.69) is 166 Å². The summed E-state index contributed by atoms with van der Waals surface area (Å²) in [5.41, 5.74) is 21.2. The molecule has 0 bridgehead atoms. The molecule has 6 aromatic rings. The number of hydrogen-bond donors (Lipinski definition) is 0. The fourth-order valence-corrected chi connectivity index (χ4v) is 28.6. The van der Waals surface area contributed by atoms with Gasteiger partial charge >= 0.3 is 320 Å². The second-order valence-corrected chi connectivity index (χ2v) is 33.3. The van der Waals surface area contributed by atoms with Gasteiger partial charge in [0.25, 0.3) is 0 Å². The molecule has 0 saturated carbocycles. The van der Waals surface area contributed by atoms with E-state index in [-0.39, 0.29) is 24.8 Å². The molecule has 0 saturated heterocycles. The van der Waals surface area contributed by atoms with Crippen molar-refractivity contribution in [3.63, 3.8) is 0 Å². The molecular weight excluding hydrogens is 799 g/mol. The smallest absolute Gasteiger partial charge is 1.00 e. The van der Waals surface area contributed by atoms with Gasteiger partial charge in [0.1, 0.15) is 0 Å². The molecule has 0 spiro atoms. The van der Waals surface area contributed by atoms with Crippen molar-refractivity contribution < 1.29 is 54.0 Å². The van der Waals surface area contributed by atoms with Gasteiger partial charge in [-0.3, -0.25) is 0 Å². The van der Waals surface area contributed by atoms with Crippen molar-refractivity contribution in [2.45, 2.75) is 75.7 Å². The van der Waals surface area contributed by atoms with Gasteiger partial charge in [0, 0.05) is 0 Å². The fourth-order valence-electron chi connectivity index (χ4n) is 8.89. The number of aryl methyl sites for hydroxylation is 6. The van der Waals surface area contributed by atoms with Crippen LogP contribution >= 0.6 is 0 Å². The van der Waals surface area contributed by atoms with Crippen LogP contribution in [0, 0.1) is 55.4 Å². The number of allylic oxidation sites excluding steroid dienone is 2. The second kappa shape index (κ2) is 15.6. The fraction of sp³-hybridized carbons (Fsp3) is 0.250. The van der Waals surface area contributed by atoms with Crippen molar-refractivity contribution in [2.24, 2.45) is 0 Å². The van der Waals surface area contributed by atoms with E-state index < -0.39 is 25.8 Å². The van der Waals surface area contributed by atoms with Gasteiger partial charge in [-0.2, -0.15) is 0 Å². The molecule has 0 radical (unpaired) electrons. The molecule has 2 unspecified atom stereocenters. The monoisotopic (exact) mass is 844 g/mol. The number of benzene rings is 4.